The van der Waals surface area contributed by atoms with E-state index in [2.05, 4.69) is 69.8 Å². The minimum absolute atomic E-state index is 0.908. The van der Waals surface area contributed by atoms with Gasteiger partial charge in [-0.05, 0) is 82.1 Å². The Morgan fingerprint density at radius 1 is 1.10 bits per heavy atom. The van der Waals surface area contributed by atoms with Crippen LogP contribution in [-0.2, 0) is 6.54 Å². The van der Waals surface area contributed by atoms with Crippen molar-refractivity contribution in [2.45, 2.75) is 45.6 Å². The minimum Gasteiger partial charge on any atom is -0.345 e. The Morgan fingerprint density at radius 2 is 1.97 bits per heavy atom. The van der Waals surface area contributed by atoms with Crippen LogP contribution in [0.5, 0.6) is 0 Å². The largest absolute Gasteiger partial charge is 0.345 e. The number of imidazole rings is 2. The summed E-state index contributed by atoms with van der Waals surface area (Å²) >= 11 is 0. The van der Waals surface area contributed by atoms with Crippen molar-refractivity contribution in [2.24, 2.45) is 5.92 Å². The number of aromatic nitrogens is 4. The molecule has 2 aromatic heterocycles. The number of aryl methyl sites for hydroxylation is 2. The molecule has 30 heavy (non-hydrogen) atoms. The Hall–Kier alpha value is -2.66. The van der Waals surface area contributed by atoms with Crippen molar-refractivity contribution in [1.29, 1.82) is 0 Å². The molecule has 0 saturated carbocycles. The third kappa shape index (κ3) is 3.74. The highest BCUT2D eigenvalue weighted by atomic mass is 15.1. The molecule has 1 aliphatic heterocycles. The van der Waals surface area contributed by atoms with Gasteiger partial charge in [-0.15, -0.1) is 0 Å². The fourth-order valence-electron chi connectivity index (χ4n) is 4.86. The number of rotatable bonds is 6. The smallest absolute Gasteiger partial charge is 0.141 e. The van der Waals surface area contributed by atoms with Crippen LogP contribution >= 0.6 is 0 Å². The number of fused-ring (bicyclic) bond motifs is 2. The first-order valence-electron chi connectivity index (χ1n) is 11.3. The number of piperidine rings is 1. The standard InChI is InChI=1S/C25H31N5/c1-18-6-5-8-23-24(18)28-25(20-9-10-21-22(16-20)27-17-26-21)30(23)13-4-3-7-19-11-14-29(2)15-12-19/h5-6,8-10,16-17,19H,3-4,7,11-15H2,1-2H3,(H,26,27). The molecular formula is C25H31N5. The van der Waals surface area contributed by atoms with Gasteiger partial charge in [0.25, 0.3) is 0 Å². The van der Waals surface area contributed by atoms with Crippen LogP contribution in [0.4, 0.5) is 0 Å². The fraction of sp³-hybridized carbons (Fsp3) is 0.440. The number of para-hydroxylation sites is 1. The lowest BCUT2D eigenvalue weighted by Gasteiger charge is -2.28. The molecule has 0 spiro atoms. The van der Waals surface area contributed by atoms with E-state index in [-0.39, 0.29) is 0 Å². The van der Waals surface area contributed by atoms with Crippen molar-refractivity contribution in [3.05, 3.63) is 48.3 Å². The second-order valence-corrected chi connectivity index (χ2v) is 8.91. The molecule has 1 fully saturated rings. The number of likely N-dealkylation sites (tertiary alicyclic amines) is 1. The van der Waals surface area contributed by atoms with Gasteiger partial charge in [0, 0.05) is 12.1 Å². The highest BCUT2D eigenvalue weighted by Gasteiger charge is 2.17. The molecule has 3 heterocycles. The number of hydrogen-bond acceptors (Lipinski definition) is 3. The summed E-state index contributed by atoms with van der Waals surface area (Å²) in [6, 6.07) is 12.9. The lowest BCUT2D eigenvalue weighted by atomic mass is 9.92. The Labute approximate surface area is 178 Å². The van der Waals surface area contributed by atoms with E-state index in [4.69, 9.17) is 4.98 Å². The van der Waals surface area contributed by atoms with E-state index in [9.17, 15) is 0 Å². The van der Waals surface area contributed by atoms with Crippen molar-refractivity contribution < 1.29 is 0 Å². The van der Waals surface area contributed by atoms with E-state index in [1.807, 2.05) is 0 Å². The van der Waals surface area contributed by atoms with Gasteiger partial charge in [0.1, 0.15) is 5.82 Å². The van der Waals surface area contributed by atoms with E-state index in [0.29, 0.717) is 0 Å². The Morgan fingerprint density at radius 3 is 2.83 bits per heavy atom. The maximum Gasteiger partial charge on any atom is 0.141 e. The topological polar surface area (TPSA) is 49.7 Å². The Balaban J connectivity index is 1.38. The maximum absolute atomic E-state index is 5.07. The number of hydrogen-bond donors (Lipinski definition) is 1. The second kappa shape index (κ2) is 8.23. The van der Waals surface area contributed by atoms with Crippen LogP contribution in [0, 0.1) is 12.8 Å². The van der Waals surface area contributed by atoms with Gasteiger partial charge in [0.15, 0.2) is 0 Å². The first kappa shape index (κ1) is 19.3. The van der Waals surface area contributed by atoms with Gasteiger partial charge in [-0.25, -0.2) is 9.97 Å². The summed E-state index contributed by atoms with van der Waals surface area (Å²) in [5.74, 6) is 1.97. The molecule has 4 aromatic rings. The maximum atomic E-state index is 5.07. The van der Waals surface area contributed by atoms with Crippen LogP contribution in [0.25, 0.3) is 33.5 Å². The quantitative estimate of drug-likeness (QED) is 0.440. The zero-order chi connectivity index (χ0) is 20.5. The van der Waals surface area contributed by atoms with E-state index < -0.39 is 0 Å². The summed E-state index contributed by atoms with van der Waals surface area (Å²) in [5.41, 5.74) is 6.81. The molecule has 0 radical (unpaired) electrons. The summed E-state index contributed by atoms with van der Waals surface area (Å²) in [6.07, 6.45) is 8.32. The van der Waals surface area contributed by atoms with Gasteiger partial charge in [0.05, 0.1) is 28.4 Å². The van der Waals surface area contributed by atoms with E-state index in [0.717, 1.165) is 40.4 Å². The van der Waals surface area contributed by atoms with Crippen molar-refractivity contribution in [1.82, 2.24) is 24.4 Å². The van der Waals surface area contributed by atoms with Gasteiger partial charge in [-0.1, -0.05) is 25.0 Å². The third-order valence-electron chi connectivity index (χ3n) is 6.74. The van der Waals surface area contributed by atoms with Crippen LogP contribution in [-0.4, -0.2) is 44.6 Å². The number of nitrogens with one attached hydrogen (secondary N) is 1. The molecule has 0 aliphatic carbocycles. The van der Waals surface area contributed by atoms with E-state index >= 15 is 0 Å². The summed E-state index contributed by atoms with van der Waals surface area (Å²) in [7, 11) is 2.24. The Bertz CT molecular complexity index is 1150. The summed E-state index contributed by atoms with van der Waals surface area (Å²) < 4.78 is 2.43. The first-order valence-corrected chi connectivity index (χ1v) is 11.3. The average molecular weight is 402 g/mol. The van der Waals surface area contributed by atoms with Gasteiger partial charge in [-0.2, -0.15) is 0 Å². The Kier molecular flexibility index (Phi) is 5.30. The molecule has 0 bridgehead atoms. The van der Waals surface area contributed by atoms with Crippen molar-refractivity contribution >= 4 is 22.1 Å². The molecule has 1 saturated heterocycles. The molecule has 0 amide bonds. The normalized spacial score (nSPS) is 16.1. The highest BCUT2D eigenvalue weighted by Crippen LogP contribution is 2.29. The summed E-state index contributed by atoms with van der Waals surface area (Å²) in [6.45, 7) is 5.69. The average Bonchev–Trinajstić information content (AvgIpc) is 3.37. The predicted molar refractivity (Wildman–Crippen MR) is 124 cm³/mol. The minimum atomic E-state index is 0.908. The van der Waals surface area contributed by atoms with Crippen molar-refractivity contribution in [2.75, 3.05) is 20.1 Å². The zero-order valence-electron chi connectivity index (χ0n) is 18.1. The van der Waals surface area contributed by atoms with Gasteiger partial charge >= 0.3 is 0 Å². The number of unbranched alkanes of at least 4 members (excludes halogenated alkanes) is 1. The van der Waals surface area contributed by atoms with Gasteiger partial charge in [-0.3, -0.25) is 0 Å². The second-order valence-electron chi connectivity index (χ2n) is 8.91. The number of benzene rings is 2. The van der Waals surface area contributed by atoms with Crippen LogP contribution in [0.2, 0.25) is 0 Å². The molecule has 5 heteroatoms. The molecule has 1 aliphatic rings. The monoisotopic (exact) mass is 401 g/mol. The van der Waals surface area contributed by atoms with Gasteiger partial charge in [0.2, 0.25) is 0 Å². The lowest BCUT2D eigenvalue weighted by Crippen LogP contribution is -2.30. The van der Waals surface area contributed by atoms with Crippen LogP contribution in [0.15, 0.2) is 42.7 Å². The molecule has 0 unspecified atom stereocenters. The molecule has 0 atom stereocenters. The van der Waals surface area contributed by atoms with E-state index in [1.54, 1.807) is 6.33 Å². The third-order valence-corrected chi connectivity index (χ3v) is 6.74. The molecule has 5 rings (SSSR count). The summed E-state index contributed by atoms with van der Waals surface area (Å²) in [4.78, 5) is 15.1. The number of H-pyrrole nitrogens is 1. The number of aromatic amines is 1. The van der Waals surface area contributed by atoms with Crippen LogP contribution in [0.1, 0.15) is 37.7 Å². The van der Waals surface area contributed by atoms with Gasteiger partial charge < -0.3 is 14.5 Å². The molecular weight excluding hydrogens is 370 g/mol. The van der Waals surface area contributed by atoms with Crippen molar-refractivity contribution in [3.8, 4) is 11.4 Å². The van der Waals surface area contributed by atoms with Crippen LogP contribution < -0.4 is 0 Å². The van der Waals surface area contributed by atoms with E-state index in [1.165, 1.54) is 56.3 Å². The fourth-order valence-corrected chi connectivity index (χ4v) is 4.86. The predicted octanol–water partition coefficient (Wildman–Crippen LogP) is 5.40. The SMILES string of the molecule is Cc1cccc2c1nc(-c1ccc3nc[nH]c3c1)n2CCCCC1CCN(C)CC1. The lowest BCUT2D eigenvalue weighted by molar-refractivity contribution is 0.209. The molecule has 1 N–H and O–H groups in total. The number of nitrogens with zero attached hydrogens (tertiary/aromatic N) is 4. The zero-order valence-corrected chi connectivity index (χ0v) is 18.1. The first-order chi connectivity index (χ1) is 14.7. The summed E-state index contributed by atoms with van der Waals surface area (Å²) in [5, 5.41) is 0. The van der Waals surface area contributed by atoms with Crippen LogP contribution in [0.3, 0.4) is 0 Å². The molecule has 2 aromatic carbocycles. The molecule has 5 nitrogen and oxygen atoms in total. The van der Waals surface area contributed by atoms with Crippen molar-refractivity contribution in [3.63, 3.8) is 0 Å². The highest BCUT2D eigenvalue weighted by molar-refractivity contribution is 5.86. The molecule has 156 valence electrons.